The van der Waals surface area contributed by atoms with Crippen molar-refractivity contribution in [2.75, 3.05) is 5.73 Å². The summed E-state index contributed by atoms with van der Waals surface area (Å²) in [6, 6.07) is 8.53. The number of hydrogen-bond donors (Lipinski definition) is 2. The van der Waals surface area contributed by atoms with Crippen LogP contribution in [-0.4, -0.2) is 9.97 Å². The Bertz CT molecular complexity index is 771. The minimum Gasteiger partial charge on any atom is -0.398 e. The number of benzene rings is 1. The lowest BCUT2D eigenvalue weighted by molar-refractivity contribution is 0.912. The van der Waals surface area contributed by atoms with Crippen LogP contribution in [0.3, 0.4) is 0 Å². The van der Waals surface area contributed by atoms with E-state index in [1.165, 1.54) is 17.5 Å². The van der Waals surface area contributed by atoms with Crippen LogP contribution in [0.25, 0.3) is 22.2 Å². The number of aryl methyl sites for hydroxylation is 1. The molecule has 0 saturated heterocycles. The van der Waals surface area contributed by atoms with Crippen LogP contribution in [0.2, 0.25) is 0 Å². The molecule has 0 bridgehead atoms. The lowest BCUT2D eigenvalue weighted by Gasteiger charge is -2.10. The summed E-state index contributed by atoms with van der Waals surface area (Å²) >= 11 is 0. The number of nitrogens with one attached hydrogen (secondary N) is 1. The van der Waals surface area contributed by atoms with Crippen LogP contribution in [-0.2, 0) is 12.8 Å². The number of fused-ring (bicyclic) bond motifs is 2. The molecule has 2 heterocycles. The number of pyridine rings is 1. The number of nitrogens with zero attached hydrogens (tertiary/aromatic N) is 1. The molecule has 0 saturated carbocycles. The highest BCUT2D eigenvalue weighted by Crippen LogP contribution is 2.35. The van der Waals surface area contributed by atoms with E-state index in [4.69, 9.17) is 5.73 Å². The fraction of sp³-hybridized carbons (Fsp3) is 0.188. The van der Waals surface area contributed by atoms with E-state index in [1.807, 2.05) is 18.5 Å². The van der Waals surface area contributed by atoms with Crippen molar-refractivity contribution < 1.29 is 0 Å². The van der Waals surface area contributed by atoms with Crippen LogP contribution in [0.5, 0.6) is 0 Å². The van der Waals surface area contributed by atoms with Crippen LogP contribution >= 0.6 is 0 Å². The van der Waals surface area contributed by atoms with Gasteiger partial charge in [0.1, 0.15) is 5.65 Å². The van der Waals surface area contributed by atoms with Gasteiger partial charge >= 0.3 is 0 Å². The van der Waals surface area contributed by atoms with Crippen molar-refractivity contribution in [3.63, 3.8) is 0 Å². The van der Waals surface area contributed by atoms with E-state index in [9.17, 15) is 0 Å². The molecule has 0 spiro atoms. The van der Waals surface area contributed by atoms with E-state index in [1.54, 1.807) is 0 Å². The number of hydrogen-bond acceptors (Lipinski definition) is 2. The maximum atomic E-state index is 6.35. The van der Waals surface area contributed by atoms with Crippen molar-refractivity contribution in [2.45, 2.75) is 19.3 Å². The van der Waals surface area contributed by atoms with E-state index >= 15 is 0 Å². The number of H-pyrrole nitrogens is 1. The Morgan fingerprint density at radius 1 is 1.16 bits per heavy atom. The van der Waals surface area contributed by atoms with Gasteiger partial charge in [0.2, 0.25) is 0 Å². The maximum absolute atomic E-state index is 6.35. The van der Waals surface area contributed by atoms with Gasteiger partial charge in [-0.15, -0.1) is 0 Å². The van der Waals surface area contributed by atoms with E-state index in [0.29, 0.717) is 0 Å². The molecule has 0 radical (unpaired) electrons. The molecule has 0 fully saturated rings. The molecule has 4 rings (SSSR count). The predicted octanol–water partition coefficient (Wildman–Crippen LogP) is 3.30. The van der Waals surface area contributed by atoms with Crippen LogP contribution in [0.4, 0.5) is 5.69 Å². The average molecular weight is 249 g/mol. The Labute approximate surface area is 111 Å². The van der Waals surface area contributed by atoms with Crippen molar-refractivity contribution in [1.29, 1.82) is 0 Å². The van der Waals surface area contributed by atoms with Crippen molar-refractivity contribution in [2.24, 2.45) is 0 Å². The normalized spacial score (nSPS) is 13.9. The standard InChI is InChI=1S/C16H15N3/c17-15-13-3-1-2-10(13)4-5-14(15)12-8-11-6-7-18-16(11)19-9-12/h4-9H,1-3,17H2,(H,18,19). The first kappa shape index (κ1) is 10.6. The zero-order valence-electron chi connectivity index (χ0n) is 10.6. The van der Waals surface area contributed by atoms with Gasteiger partial charge < -0.3 is 10.7 Å². The molecule has 94 valence electrons. The third-order valence-electron chi connectivity index (χ3n) is 4.04. The first-order valence-corrected chi connectivity index (χ1v) is 6.66. The summed E-state index contributed by atoms with van der Waals surface area (Å²) in [4.78, 5) is 7.55. The van der Waals surface area contributed by atoms with Crippen molar-refractivity contribution in [3.8, 4) is 11.1 Å². The molecular weight excluding hydrogens is 234 g/mol. The van der Waals surface area contributed by atoms with Gasteiger partial charge in [0.05, 0.1) is 0 Å². The topological polar surface area (TPSA) is 54.7 Å². The molecule has 1 aliphatic carbocycles. The highest BCUT2D eigenvalue weighted by Gasteiger charge is 2.16. The second kappa shape index (κ2) is 3.85. The van der Waals surface area contributed by atoms with Crippen LogP contribution in [0.15, 0.2) is 36.7 Å². The summed E-state index contributed by atoms with van der Waals surface area (Å²) in [5.41, 5.74) is 13.2. The molecule has 19 heavy (non-hydrogen) atoms. The lowest BCUT2D eigenvalue weighted by Crippen LogP contribution is -1.97. The molecule has 0 unspecified atom stereocenters. The summed E-state index contributed by atoms with van der Waals surface area (Å²) < 4.78 is 0. The van der Waals surface area contributed by atoms with Gasteiger partial charge in [-0.1, -0.05) is 12.1 Å². The zero-order valence-corrected chi connectivity index (χ0v) is 10.6. The predicted molar refractivity (Wildman–Crippen MR) is 78.0 cm³/mol. The number of nitrogens with two attached hydrogens (primary N) is 1. The lowest BCUT2D eigenvalue weighted by atomic mass is 9.98. The van der Waals surface area contributed by atoms with Crippen molar-refractivity contribution >= 4 is 16.7 Å². The second-order valence-electron chi connectivity index (χ2n) is 5.16. The van der Waals surface area contributed by atoms with Crippen LogP contribution in [0, 0.1) is 0 Å². The molecule has 0 aliphatic heterocycles. The summed E-state index contributed by atoms with van der Waals surface area (Å²) in [7, 11) is 0. The van der Waals surface area contributed by atoms with E-state index in [-0.39, 0.29) is 0 Å². The molecule has 0 atom stereocenters. The monoisotopic (exact) mass is 249 g/mol. The smallest absolute Gasteiger partial charge is 0.137 e. The quantitative estimate of drug-likeness (QED) is 0.650. The third kappa shape index (κ3) is 1.55. The van der Waals surface area contributed by atoms with Gasteiger partial charge in [-0.3, -0.25) is 0 Å². The van der Waals surface area contributed by atoms with Gasteiger partial charge in [-0.2, -0.15) is 0 Å². The summed E-state index contributed by atoms with van der Waals surface area (Å²) in [6.45, 7) is 0. The van der Waals surface area contributed by atoms with Crippen molar-refractivity contribution in [3.05, 3.63) is 47.8 Å². The molecule has 1 aliphatic rings. The SMILES string of the molecule is Nc1c(-c2cnc3[nH]ccc3c2)ccc2c1CCC2. The molecular formula is C16H15N3. The number of rotatable bonds is 1. The van der Waals surface area contributed by atoms with E-state index in [2.05, 4.69) is 28.2 Å². The van der Waals surface area contributed by atoms with Crippen molar-refractivity contribution in [1.82, 2.24) is 9.97 Å². The fourth-order valence-corrected chi connectivity index (χ4v) is 3.03. The summed E-state index contributed by atoms with van der Waals surface area (Å²) in [5, 5.41) is 1.12. The van der Waals surface area contributed by atoms with Crippen LogP contribution < -0.4 is 5.73 Å². The molecule has 0 amide bonds. The van der Waals surface area contributed by atoms with Gasteiger partial charge in [-0.05, 0) is 42.5 Å². The molecule has 3 nitrogen and oxygen atoms in total. The summed E-state index contributed by atoms with van der Waals surface area (Å²) in [5.74, 6) is 0. The average Bonchev–Trinajstić information content (AvgIpc) is 3.07. The fourth-order valence-electron chi connectivity index (χ4n) is 3.03. The van der Waals surface area contributed by atoms with E-state index in [0.717, 1.165) is 40.7 Å². The number of aromatic nitrogens is 2. The molecule has 3 aromatic rings. The first-order valence-electron chi connectivity index (χ1n) is 6.66. The largest absolute Gasteiger partial charge is 0.398 e. The highest BCUT2D eigenvalue weighted by molar-refractivity contribution is 5.86. The second-order valence-corrected chi connectivity index (χ2v) is 5.16. The summed E-state index contributed by atoms with van der Waals surface area (Å²) in [6.07, 6.45) is 7.29. The Morgan fingerprint density at radius 2 is 2.11 bits per heavy atom. The Hall–Kier alpha value is -2.29. The maximum Gasteiger partial charge on any atom is 0.137 e. The Kier molecular flexibility index (Phi) is 2.15. The van der Waals surface area contributed by atoms with E-state index < -0.39 is 0 Å². The third-order valence-corrected chi connectivity index (χ3v) is 4.04. The first-order chi connectivity index (χ1) is 9.33. The number of nitrogen functional groups attached to an aromatic ring is 1. The number of aromatic amines is 1. The molecule has 2 aromatic heterocycles. The van der Waals surface area contributed by atoms with Gasteiger partial charge in [0, 0.05) is 34.6 Å². The van der Waals surface area contributed by atoms with Crippen LogP contribution in [0.1, 0.15) is 17.5 Å². The molecule has 3 N–H and O–H groups in total. The highest BCUT2D eigenvalue weighted by atomic mass is 14.8. The Balaban J connectivity index is 1.92. The number of anilines is 1. The minimum absolute atomic E-state index is 0.920. The molecule has 3 heteroatoms. The zero-order chi connectivity index (χ0) is 12.8. The van der Waals surface area contributed by atoms with Gasteiger partial charge in [0.15, 0.2) is 0 Å². The Morgan fingerprint density at radius 3 is 3.05 bits per heavy atom. The minimum atomic E-state index is 0.920. The van der Waals surface area contributed by atoms with Gasteiger partial charge in [0.25, 0.3) is 0 Å². The molecule has 1 aromatic carbocycles. The van der Waals surface area contributed by atoms with Gasteiger partial charge in [-0.25, -0.2) is 4.98 Å².